The second-order valence-corrected chi connectivity index (χ2v) is 4.04. The third-order valence-electron chi connectivity index (χ3n) is 2.78. The van der Waals surface area contributed by atoms with Crippen LogP contribution < -0.4 is 4.74 Å². The molecule has 0 amide bonds. The van der Waals surface area contributed by atoms with Gasteiger partial charge in [0.25, 0.3) is 0 Å². The van der Waals surface area contributed by atoms with E-state index in [1.807, 2.05) is 25.3 Å². The van der Waals surface area contributed by atoms with Crippen LogP contribution in [0, 0.1) is 0 Å². The van der Waals surface area contributed by atoms with Gasteiger partial charge in [-0.1, -0.05) is 6.07 Å². The molecular weight excluding hydrogens is 202 g/mol. The number of fused-ring (bicyclic) bond motifs is 1. The van der Waals surface area contributed by atoms with Gasteiger partial charge < -0.3 is 14.4 Å². The number of aliphatic hydroxyl groups is 1. The molecule has 86 valence electrons. The first-order valence-electron chi connectivity index (χ1n) is 5.52. The van der Waals surface area contributed by atoms with Crippen molar-refractivity contribution in [2.75, 3.05) is 7.11 Å². The molecule has 0 aliphatic heterocycles. The van der Waals surface area contributed by atoms with E-state index in [4.69, 9.17) is 4.74 Å². The Balaban J connectivity index is 2.34. The maximum atomic E-state index is 9.29. The number of aliphatic hydroxyl groups excluding tert-OH is 1. The Labute approximate surface area is 95.3 Å². The summed E-state index contributed by atoms with van der Waals surface area (Å²) < 4.78 is 7.45. The molecule has 0 bridgehead atoms. The van der Waals surface area contributed by atoms with E-state index in [1.165, 1.54) is 0 Å². The molecule has 16 heavy (non-hydrogen) atoms. The summed E-state index contributed by atoms with van der Waals surface area (Å²) in [5.74, 6) is 0.897. The van der Waals surface area contributed by atoms with E-state index in [0.717, 1.165) is 29.6 Å². The molecule has 3 heteroatoms. The molecule has 1 aromatic carbocycles. The van der Waals surface area contributed by atoms with Crippen LogP contribution in [-0.4, -0.2) is 22.9 Å². The summed E-state index contributed by atoms with van der Waals surface area (Å²) in [7, 11) is 1.68. The Morgan fingerprint density at radius 3 is 2.88 bits per heavy atom. The van der Waals surface area contributed by atoms with Gasteiger partial charge in [-0.05, 0) is 31.5 Å². The van der Waals surface area contributed by atoms with Crippen molar-refractivity contribution in [2.24, 2.45) is 0 Å². The van der Waals surface area contributed by atoms with E-state index in [1.54, 1.807) is 7.11 Å². The minimum absolute atomic E-state index is 0.261. The van der Waals surface area contributed by atoms with Gasteiger partial charge in [0, 0.05) is 18.1 Å². The van der Waals surface area contributed by atoms with Gasteiger partial charge in [0.1, 0.15) is 5.75 Å². The molecule has 1 N–H and O–H groups in total. The van der Waals surface area contributed by atoms with Gasteiger partial charge >= 0.3 is 0 Å². The zero-order valence-corrected chi connectivity index (χ0v) is 9.68. The lowest BCUT2D eigenvalue weighted by atomic mass is 10.2. The zero-order chi connectivity index (χ0) is 11.5. The number of nitrogens with zero attached hydrogens (tertiary/aromatic N) is 1. The first-order valence-corrected chi connectivity index (χ1v) is 5.52. The van der Waals surface area contributed by atoms with Crippen molar-refractivity contribution in [1.29, 1.82) is 0 Å². The highest BCUT2D eigenvalue weighted by Gasteiger charge is 2.06. The van der Waals surface area contributed by atoms with Crippen LogP contribution in [0.3, 0.4) is 0 Å². The quantitative estimate of drug-likeness (QED) is 0.857. The van der Waals surface area contributed by atoms with Gasteiger partial charge in [-0.3, -0.25) is 0 Å². The number of aromatic nitrogens is 1. The molecule has 2 rings (SSSR count). The van der Waals surface area contributed by atoms with Crippen molar-refractivity contribution in [3.05, 3.63) is 30.5 Å². The molecule has 3 nitrogen and oxygen atoms in total. The summed E-state index contributed by atoms with van der Waals surface area (Å²) in [4.78, 5) is 0. The van der Waals surface area contributed by atoms with E-state index in [0.29, 0.717) is 0 Å². The second-order valence-electron chi connectivity index (χ2n) is 4.04. The first kappa shape index (κ1) is 11.0. The van der Waals surface area contributed by atoms with Crippen molar-refractivity contribution in [3.63, 3.8) is 0 Å². The van der Waals surface area contributed by atoms with E-state index in [2.05, 4.69) is 16.7 Å². The third-order valence-corrected chi connectivity index (χ3v) is 2.78. The Morgan fingerprint density at radius 2 is 2.19 bits per heavy atom. The largest absolute Gasteiger partial charge is 0.496 e. The highest BCUT2D eigenvalue weighted by atomic mass is 16.5. The number of rotatable bonds is 4. The van der Waals surface area contributed by atoms with Crippen LogP contribution in [0.4, 0.5) is 0 Å². The summed E-state index contributed by atoms with van der Waals surface area (Å²) in [6.07, 6.45) is 2.54. The normalized spacial score (nSPS) is 12.9. The fourth-order valence-corrected chi connectivity index (χ4v) is 1.89. The average molecular weight is 219 g/mol. The molecule has 0 aliphatic carbocycles. The van der Waals surface area contributed by atoms with Crippen LogP contribution in [-0.2, 0) is 6.54 Å². The van der Waals surface area contributed by atoms with Gasteiger partial charge in [-0.15, -0.1) is 0 Å². The molecule has 0 saturated carbocycles. The van der Waals surface area contributed by atoms with E-state index in [-0.39, 0.29) is 6.10 Å². The number of aryl methyl sites for hydroxylation is 1. The minimum atomic E-state index is -0.261. The minimum Gasteiger partial charge on any atom is -0.496 e. The van der Waals surface area contributed by atoms with Gasteiger partial charge in [0.2, 0.25) is 0 Å². The lowest BCUT2D eigenvalue weighted by Crippen LogP contribution is -2.05. The second kappa shape index (κ2) is 4.58. The molecular formula is C13H17NO2. The van der Waals surface area contributed by atoms with Crippen molar-refractivity contribution >= 4 is 10.9 Å². The molecule has 0 fully saturated rings. The smallest absolute Gasteiger partial charge is 0.128 e. The maximum Gasteiger partial charge on any atom is 0.128 e. The third kappa shape index (κ3) is 2.04. The topological polar surface area (TPSA) is 34.4 Å². The van der Waals surface area contributed by atoms with Crippen LogP contribution in [0.25, 0.3) is 10.9 Å². The lowest BCUT2D eigenvalue weighted by molar-refractivity contribution is 0.178. The van der Waals surface area contributed by atoms with Gasteiger partial charge in [-0.25, -0.2) is 0 Å². The predicted octanol–water partition coefficient (Wildman–Crippen LogP) is 2.42. The van der Waals surface area contributed by atoms with Crippen LogP contribution in [0.2, 0.25) is 0 Å². The molecule has 0 aliphatic rings. The Kier molecular flexibility index (Phi) is 3.15. The summed E-state index contributed by atoms with van der Waals surface area (Å²) in [5.41, 5.74) is 1.15. The average Bonchev–Trinajstić information content (AvgIpc) is 2.69. The summed E-state index contributed by atoms with van der Waals surface area (Å²) in [6.45, 7) is 2.64. The molecule has 1 atom stereocenters. The van der Waals surface area contributed by atoms with Crippen molar-refractivity contribution in [2.45, 2.75) is 26.0 Å². The molecule has 0 spiro atoms. The van der Waals surface area contributed by atoms with E-state index >= 15 is 0 Å². The molecule has 1 aromatic heterocycles. The number of ether oxygens (including phenoxy) is 1. The number of methoxy groups -OCH3 is 1. The molecule has 1 heterocycles. The van der Waals surface area contributed by atoms with Crippen LogP contribution >= 0.6 is 0 Å². The van der Waals surface area contributed by atoms with E-state index in [9.17, 15) is 5.11 Å². The number of hydrogen-bond acceptors (Lipinski definition) is 2. The molecule has 2 aromatic rings. The lowest BCUT2D eigenvalue weighted by Gasteiger charge is -2.08. The zero-order valence-electron chi connectivity index (χ0n) is 9.68. The Morgan fingerprint density at radius 1 is 1.38 bits per heavy atom. The van der Waals surface area contributed by atoms with Crippen molar-refractivity contribution in [3.8, 4) is 5.75 Å². The fraction of sp³-hybridized carbons (Fsp3) is 0.385. The highest BCUT2D eigenvalue weighted by molar-refractivity contribution is 5.86. The Bertz CT molecular complexity index is 474. The van der Waals surface area contributed by atoms with Crippen LogP contribution in [0.5, 0.6) is 5.75 Å². The summed E-state index contributed by atoms with van der Waals surface area (Å²) in [6, 6.07) is 8.07. The van der Waals surface area contributed by atoms with Gasteiger partial charge in [0.15, 0.2) is 0 Å². The van der Waals surface area contributed by atoms with Crippen molar-refractivity contribution < 1.29 is 9.84 Å². The molecule has 1 unspecified atom stereocenters. The monoisotopic (exact) mass is 219 g/mol. The Hall–Kier alpha value is -1.48. The fourth-order valence-electron chi connectivity index (χ4n) is 1.89. The van der Waals surface area contributed by atoms with Crippen LogP contribution in [0.15, 0.2) is 30.5 Å². The first-order chi connectivity index (χ1) is 7.72. The standard InChI is InChI=1S/C13H17NO2/c1-10(15)6-8-14-9-7-11-12(14)4-3-5-13(11)16-2/h3-5,7,9-10,15H,6,8H2,1-2H3. The summed E-state index contributed by atoms with van der Waals surface area (Å²) >= 11 is 0. The highest BCUT2D eigenvalue weighted by Crippen LogP contribution is 2.26. The summed E-state index contributed by atoms with van der Waals surface area (Å²) in [5, 5.41) is 10.4. The van der Waals surface area contributed by atoms with Crippen molar-refractivity contribution in [1.82, 2.24) is 4.57 Å². The SMILES string of the molecule is COc1cccc2c1ccn2CCC(C)O. The molecule has 0 radical (unpaired) electrons. The predicted molar refractivity (Wildman–Crippen MR) is 64.8 cm³/mol. The van der Waals surface area contributed by atoms with Gasteiger partial charge in [0.05, 0.1) is 18.7 Å². The van der Waals surface area contributed by atoms with Crippen LogP contribution in [0.1, 0.15) is 13.3 Å². The molecule has 0 saturated heterocycles. The van der Waals surface area contributed by atoms with E-state index < -0.39 is 0 Å². The number of hydrogen-bond donors (Lipinski definition) is 1. The maximum absolute atomic E-state index is 9.29. The van der Waals surface area contributed by atoms with Gasteiger partial charge in [-0.2, -0.15) is 0 Å². The number of benzene rings is 1.